The number of benzene rings is 2. The Morgan fingerprint density at radius 1 is 1.14 bits per heavy atom. The van der Waals surface area contributed by atoms with Gasteiger partial charge in [0.25, 0.3) is 15.9 Å². The number of nitrogens with one attached hydrogen (secondary N) is 3. The van der Waals surface area contributed by atoms with Crippen LogP contribution < -0.4 is 14.8 Å². The van der Waals surface area contributed by atoms with E-state index in [-0.39, 0.29) is 16.6 Å². The Morgan fingerprint density at radius 2 is 1.83 bits per heavy atom. The molecule has 152 valence electrons. The number of carbonyl (C=O) groups is 1. The highest BCUT2D eigenvalue weighted by atomic mass is 32.2. The van der Waals surface area contributed by atoms with E-state index in [4.69, 9.17) is 4.74 Å². The Balaban J connectivity index is 1.76. The van der Waals surface area contributed by atoms with E-state index in [0.717, 1.165) is 5.56 Å². The smallest absolute Gasteiger partial charge is 0.279 e. The molecule has 0 radical (unpaired) electrons. The van der Waals surface area contributed by atoms with E-state index in [0.29, 0.717) is 18.0 Å². The van der Waals surface area contributed by atoms with Crippen molar-refractivity contribution in [2.24, 2.45) is 0 Å². The van der Waals surface area contributed by atoms with Crippen molar-refractivity contribution in [3.8, 4) is 5.75 Å². The van der Waals surface area contributed by atoms with Crippen molar-refractivity contribution < 1.29 is 17.9 Å². The molecule has 0 aliphatic carbocycles. The minimum atomic E-state index is -4.04. The first kappa shape index (κ1) is 20.4. The van der Waals surface area contributed by atoms with Crippen LogP contribution in [0.15, 0.2) is 65.8 Å². The summed E-state index contributed by atoms with van der Waals surface area (Å²) in [6.45, 7) is 4.19. The lowest BCUT2D eigenvalue weighted by Gasteiger charge is -2.14. The van der Waals surface area contributed by atoms with Gasteiger partial charge < -0.3 is 10.1 Å². The normalized spacial score (nSPS) is 12.2. The van der Waals surface area contributed by atoms with Crippen LogP contribution in [-0.2, 0) is 10.0 Å². The number of hydrogen-bond acceptors (Lipinski definition) is 5. The van der Waals surface area contributed by atoms with Crippen LogP contribution in [0.4, 0.5) is 5.69 Å². The molecule has 29 heavy (non-hydrogen) atoms. The average molecular weight is 414 g/mol. The largest absolute Gasteiger partial charge is 0.494 e. The third-order valence-corrected chi connectivity index (χ3v) is 5.54. The SMILES string of the molecule is CCOc1ccc(NS(=O)(=O)c2[nH]ncc2C(=O)N[C@@H](C)c2ccccc2)cc1. The molecule has 8 nitrogen and oxygen atoms in total. The highest BCUT2D eigenvalue weighted by Crippen LogP contribution is 2.21. The third kappa shape index (κ3) is 4.94. The summed E-state index contributed by atoms with van der Waals surface area (Å²) < 4.78 is 33.3. The van der Waals surface area contributed by atoms with Gasteiger partial charge in [-0.15, -0.1) is 0 Å². The number of anilines is 1. The summed E-state index contributed by atoms with van der Waals surface area (Å²) in [5, 5.41) is 8.64. The number of nitrogens with zero attached hydrogens (tertiary/aromatic N) is 1. The van der Waals surface area contributed by atoms with Crippen LogP contribution in [0.5, 0.6) is 5.75 Å². The van der Waals surface area contributed by atoms with E-state index < -0.39 is 15.9 Å². The standard InChI is InChI=1S/C20H22N4O4S/c1-3-28-17-11-9-16(10-12-17)24-29(26,27)20-18(13-21-23-20)19(25)22-14(2)15-7-5-4-6-8-15/h4-14,24H,3H2,1-2H3,(H,21,23)(H,22,25)/t14-/m0/s1. The van der Waals surface area contributed by atoms with Gasteiger partial charge in [0, 0.05) is 5.69 Å². The van der Waals surface area contributed by atoms with Crippen LogP contribution in [-0.4, -0.2) is 31.1 Å². The molecule has 0 saturated heterocycles. The van der Waals surface area contributed by atoms with Gasteiger partial charge in [-0.3, -0.25) is 14.6 Å². The number of carbonyl (C=O) groups excluding carboxylic acids is 1. The molecule has 0 bridgehead atoms. The van der Waals surface area contributed by atoms with Crippen molar-refractivity contribution in [2.45, 2.75) is 24.9 Å². The molecule has 3 aromatic rings. The van der Waals surface area contributed by atoms with Gasteiger partial charge in [0.05, 0.1) is 24.4 Å². The zero-order chi connectivity index (χ0) is 20.9. The minimum Gasteiger partial charge on any atom is -0.494 e. The lowest BCUT2D eigenvalue weighted by molar-refractivity contribution is 0.0936. The number of aromatic nitrogens is 2. The summed E-state index contributed by atoms with van der Waals surface area (Å²) in [5.74, 6) is 0.0918. The number of aromatic amines is 1. The number of hydrogen-bond donors (Lipinski definition) is 3. The number of rotatable bonds is 8. The van der Waals surface area contributed by atoms with Crippen LogP contribution in [0, 0.1) is 0 Å². The van der Waals surface area contributed by atoms with Gasteiger partial charge in [0.2, 0.25) is 0 Å². The number of ether oxygens (including phenoxy) is 1. The molecule has 2 aromatic carbocycles. The second-order valence-electron chi connectivity index (χ2n) is 6.28. The molecule has 1 atom stereocenters. The van der Waals surface area contributed by atoms with Gasteiger partial charge in [-0.05, 0) is 43.7 Å². The molecular formula is C20H22N4O4S. The predicted octanol–water partition coefficient (Wildman–Crippen LogP) is 3.10. The van der Waals surface area contributed by atoms with E-state index >= 15 is 0 Å². The second kappa shape index (κ2) is 8.78. The fraction of sp³-hybridized carbons (Fsp3) is 0.200. The molecule has 9 heteroatoms. The fourth-order valence-electron chi connectivity index (χ4n) is 2.73. The Hall–Kier alpha value is -3.33. The summed E-state index contributed by atoms with van der Waals surface area (Å²) in [6, 6.07) is 15.5. The third-order valence-electron chi connectivity index (χ3n) is 4.18. The molecular weight excluding hydrogens is 392 g/mol. The second-order valence-corrected chi connectivity index (χ2v) is 7.90. The van der Waals surface area contributed by atoms with Crippen LogP contribution in [0.2, 0.25) is 0 Å². The summed E-state index contributed by atoms with van der Waals surface area (Å²) >= 11 is 0. The minimum absolute atomic E-state index is 0.0637. The monoisotopic (exact) mass is 414 g/mol. The summed E-state index contributed by atoms with van der Waals surface area (Å²) in [7, 11) is -4.04. The molecule has 0 unspecified atom stereocenters. The maximum Gasteiger partial charge on any atom is 0.279 e. The van der Waals surface area contributed by atoms with Gasteiger partial charge in [0.15, 0.2) is 5.03 Å². The van der Waals surface area contributed by atoms with E-state index in [1.165, 1.54) is 6.20 Å². The summed E-state index contributed by atoms with van der Waals surface area (Å²) in [5.41, 5.74) is 1.18. The van der Waals surface area contributed by atoms with Crippen molar-refractivity contribution in [2.75, 3.05) is 11.3 Å². The van der Waals surface area contributed by atoms with Gasteiger partial charge in [-0.2, -0.15) is 13.5 Å². The highest BCUT2D eigenvalue weighted by Gasteiger charge is 2.26. The number of sulfonamides is 1. The Morgan fingerprint density at radius 3 is 2.48 bits per heavy atom. The van der Waals surface area contributed by atoms with E-state index in [9.17, 15) is 13.2 Å². The number of amides is 1. The van der Waals surface area contributed by atoms with Gasteiger partial charge in [-0.25, -0.2) is 0 Å². The van der Waals surface area contributed by atoms with Crippen molar-refractivity contribution in [3.63, 3.8) is 0 Å². The average Bonchev–Trinajstić information content (AvgIpc) is 3.21. The first-order valence-corrected chi connectivity index (χ1v) is 10.5. The molecule has 1 amide bonds. The molecule has 1 heterocycles. The predicted molar refractivity (Wildman–Crippen MR) is 109 cm³/mol. The fourth-order valence-corrected chi connectivity index (χ4v) is 3.89. The molecule has 0 spiro atoms. The summed E-state index contributed by atoms with van der Waals surface area (Å²) in [6.07, 6.45) is 1.19. The topological polar surface area (TPSA) is 113 Å². The first-order chi connectivity index (χ1) is 13.9. The van der Waals surface area contributed by atoms with Crippen molar-refractivity contribution in [3.05, 3.63) is 71.9 Å². The zero-order valence-corrected chi connectivity index (χ0v) is 16.9. The Bertz CT molecular complexity index is 1060. The molecule has 3 rings (SSSR count). The van der Waals surface area contributed by atoms with E-state index in [1.807, 2.05) is 44.2 Å². The molecule has 0 fully saturated rings. The first-order valence-electron chi connectivity index (χ1n) is 9.05. The Kier molecular flexibility index (Phi) is 6.18. The van der Waals surface area contributed by atoms with Gasteiger partial charge in [0.1, 0.15) is 5.75 Å². The van der Waals surface area contributed by atoms with Crippen molar-refractivity contribution >= 4 is 21.6 Å². The molecule has 0 saturated carbocycles. The number of H-pyrrole nitrogens is 1. The molecule has 0 aliphatic heterocycles. The lowest BCUT2D eigenvalue weighted by Crippen LogP contribution is -2.28. The van der Waals surface area contributed by atoms with Crippen LogP contribution in [0.1, 0.15) is 35.8 Å². The van der Waals surface area contributed by atoms with E-state index in [2.05, 4.69) is 20.2 Å². The van der Waals surface area contributed by atoms with Crippen LogP contribution >= 0.6 is 0 Å². The Labute approximate surface area is 169 Å². The maximum absolute atomic E-state index is 12.8. The van der Waals surface area contributed by atoms with Crippen LogP contribution in [0.25, 0.3) is 0 Å². The van der Waals surface area contributed by atoms with Gasteiger partial charge in [-0.1, -0.05) is 30.3 Å². The van der Waals surface area contributed by atoms with Gasteiger partial charge >= 0.3 is 0 Å². The van der Waals surface area contributed by atoms with E-state index in [1.54, 1.807) is 24.3 Å². The highest BCUT2D eigenvalue weighted by molar-refractivity contribution is 7.92. The maximum atomic E-state index is 12.8. The lowest BCUT2D eigenvalue weighted by atomic mass is 10.1. The zero-order valence-electron chi connectivity index (χ0n) is 16.0. The molecule has 0 aliphatic rings. The van der Waals surface area contributed by atoms with Crippen LogP contribution in [0.3, 0.4) is 0 Å². The quantitative estimate of drug-likeness (QED) is 0.524. The molecule has 3 N–H and O–H groups in total. The molecule has 1 aromatic heterocycles. The van der Waals surface area contributed by atoms with Crippen molar-refractivity contribution in [1.82, 2.24) is 15.5 Å². The van der Waals surface area contributed by atoms with Crippen molar-refractivity contribution in [1.29, 1.82) is 0 Å². The summed E-state index contributed by atoms with van der Waals surface area (Å²) in [4.78, 5) is 12.6.